The number of benzene rings is 1. The molecule has 0 aliphatic carbocycles. The molecule has 1 aromatic rings. The average Bonchev–Trinajstić information content (AvgIpc) is 2.47. The van der Waals surface area contributed by atoms with E-state index < -0.39 is 12.1 Å². The molecular formula is C13H16N2O4. The van der Waals surface area contributed by atoms with Gasteiger partial charge in [-0.3, -0.25) is 4.79 Å². The molecule has 19 heavy (non-hydrogen) atoms. The summed E-state index contributed by atoms with van der Waals surface area (Å²) in [7, 11) is 1.33. The Hall–Kier alpha value is -1.92. The number of amides is 1. The first-order valence-electron chi connectivity index (χ1n) is 5.98. The van der Waals surface area contributed by atoms with Gasteiger partial charge in [0.1, 0.15) is 6.10 Å². The number of methoxy groups -OCH3 is 1. The molecule has 1 unspecified atom stereocenters. The number of carbonyl (C=O) groups is 2. The Morgan fingerprint density at radius 1 is 1.47 bits per heavy atom. The molecule has 1 aliphatic rings. The van der Waals surface area contributed by atoms with Crippen molar-refractivity contribution in [2.24, 2.45) is 5.73 Å². The summed E-state index contributed by atoms with van der Waals surface area (Å²) in [5, 5.41) is 0. The third-order valence-electron chi connectivity index (χ3n) is 2.99. The lowest BCUT2D eigenvalue weighted by Gasteiger charge is -2.31. The summed E-state index contributed by atoms with van der Waals surface area (Å²) in [6.45, 7) is 1.09. The van der Waals surface area contributed by atoms with Crippen molar-refractivity contribution in [3.8, 4) is 0 Å². The molecule has 1 aliphatic heterocycles. The summed E-state index contributed by atoms with van der Waals surface area (Å²) in [5.74, 6) is -0.556. The van der Waals surface area contributed by atoms with Gasteiger partial charge in [-0.15, -0.1) is 0 Å². The van der Waals surface area contributed by atoms with Gasteiger partial charge in [-0.25, -0.2) is 4.79 Å². The number of carbonyl (C=O) groups excluding carboxylic acids is 2. The van der Waals surface area contributed by atoms with Crippen LogP contribution < -0.4 is 10.6 Å². The van der Waals surface area contributed by atoms with Crippen LogP contribution in [0.1, 0.15) is 10.4 Å². The van der Waals surface area contributed by atoms with Gasteiger partial charge in [0.15, 0.2) is 0 Å². The smallest absolute Gasteiger partial charge is 0.337 e. The standard InChI is InChI=1S/C13H16N2O4/c1-18-13(17)9-2-4-10(5-3-9)15-6-7-19-11(8-14)12(15)16/h2-5,11H,6-8,14H2,1H3. The van der Waals surface area contributed by atoms with Crippen molar-refractivity contribution in [2.75, 3.05) is 31.7 Å². The van der Waals surface area contributed by atoms with Gasteiger partial charge < -0.3 is 20.1 Å². The molecule has 0 bridgehead atoms. The highest BCUT2D eigenvalue weighted by molar-refractivity contribution is 5.98. The zero-order valence-corrected chi connectivity index (χ0v) is 10.7. The Morgan fingerprint density at radius 3 is 2.74 bits per heavy atom. The molecular weight excluding hydrogens is 248 g/mol. The highest BCUT2D eigenvalue weighted by Crippen LogP contribution is 2.19. The first-order valence-corrected chi connectivity index (χ1v) is 5.98. The summed E-state index contributed by atoms with van der Waals surface area (Å²) >= 11 is 0. The summed E-state index contributed by atoms with van der Waals surface area (Å²) < 4.78 is 9.90. The molecule has 0 saturated carbocycles. The van der Waals surface area contributed by atoms with Crippen LogP contribution in [-0.2, 0) is 14.3 Å². The van der Waals surface area contributed by atoms with E-state index in [0.717, 1.165) is 5.69 Å². The topological polar surface area (TPSA) is 81.9 Å². The number of hydrogen-bond donors (Lipinski definition) is 1. The number of esters is 1. The first-order chi connectivity index (χ1) is 9.17. The number of nitrogens with zero attached hydrogens (tertiary/aromatic N) is 1. The maximum atomic E-state index is 12.1. The second kappa shape index (κ2) is 5.81. The van der Waals surface area contributed by atoms with Crippen molar-refractivity contribution in [1.29, 1.82) is 0 Å². The van der Waals surface area contributed by atoms with Crippen LogP contribution >= 0.6 is 0 Å². The van der Waals surface area contributed by atoms with Gasteiger partial charge in [0.05, 0.1) is 19.3 Å². The van der Waals surface area contributed by atoms with Gasteiger partial charge in [-0.1, -0.05) is 0 Å². The molecule has 6 nitrogen and oxygen atoms in total. The van der Waals surface area contributed by atoms with Gasteiger partial charge in [0.2, 0.25) is 0 Å². The van der Waals surface area contributed by atoms with Crippen molar-refractivity contribution in [1.82, 2.24) is 0 Å². The van der Waals surface area contributed by atoms with Crippen LogP contribution in [0.3, 0.4) is 0 Å². The summed E-state index contributed by atoms with van der Waals surface area (Å²) in [5.41, 5.74) is 6.65. The molecule has 2 rings (SSSR count). The minimum Gasteiger partial charge on any atom is -0.465 e. The Balaban J connectivity index is 2.17. The highest BCUT2D eigenvalue weighted by Gasteiger charge is 2.29. The van der Waals surface area contributed by atoms with Crippen LogP contribution in [0.4, 0.5) is 5.69 Å². The number of anilines is 1. The van der Waals surface area contributed by atoms with E-state index >= 15 is 0 Å². The zero-order chi connectivity index (χ0) is 13.8. The third kappa shape index (κ3) is 2.74. The predicted octanol–water partition coefficient (Wildman–Crippen LogP) is 0.164. The van der Waals surface area contributed by atoms with Crippen LogP contribution in [0.2, 0.25) is 0 Å². The van der Waals surface area contributed by atoms with Gasteiger partial charge in [0.25, 0.3) is 5.91 Å². The van der Waals surface area contributed by atoms with Crippen LogP contribution in [0.5, 0.6) is 0 Å². The largest absolute Gasteiger partial charge is 0.465 e. The molecule has 1 amide bonds. The van der Waals surface area contributed by atoms with E-state index in [-0.39, 0.29) is 12.5 Å². The van der Waals surface area contributed by atoms with Gasteiger partial charge >= 0.3 is 5.97 Å². The molecule has 1 heterocycles. The Morgan fingerprint density at radius 2 is 2.16 bits per heavy atom. The monoisotopic (exact) mass is 264 g/mol. The second-order valence-corrected chi connectivity index (χ2v) is 4.12. The summed E-state index contributed by atoms with van der Waals surface area (Å²) in [6, 6.07) is 6.68. The van der Waals surface area contributed by atoms with Crippen LogP contribution in [0.25, 0.3) is 0 Å². The van der Waals surface area contributed by atoms with E-state index in [1.54, 1.807) is 29.2 Å². The van der Waals surface area contributed by atoms with E-state index in [1.165, 1.54) is 7.11 Å². The van der Waals surface area contributed by atoms with Crippen molar-refractivity contribution in [3.05, 3.63) is 29.8 Å². The minimum absolute atomic E-state index is 0.153. The van der Waals surface area contributed by atoms with Crippen LogP contribution in [0.15, 0.2) is 24.3 Å². The lowest BCUT2D eigenvalue weighted by molar-refractivity contribution is -0.133. The Labute approximate surface area is 111 Å². The molecule has 2 N–H and O–H groups in total. The van der Waals surface area contributed by atoms with Gasteiger partial charge in [0, 0.05) is 18.8 Å². The number of hydrogen-bond acceptors (Lipinski definition) is 5. The molecule has 1 atom stereocenters. The Kier molecular flexibility index (Phi) is 4.13. The highest BCUT2D eigenvalue weighted by atomic mass is 16.5. The quantitative estimate of drug-likeness (QED) is 0.787. The van der Waals surface area contributed by atoms with Crippen molar-refractivity contribution >= 4 is 17.6 Å². The molecule has 1 aromatic carbocycles. The Bertz CT molecular complexity index is 472. The minimum atomic E-state index is -0.589. The van der Waals surface area contributed by atoms with Crippen molar-refractivity contribution in [3.63, 3.8) is 0 Å². The van der Waals surface area contributed by atoms with Gasteiger partial charge in [-0.05, 0) is 24.3 Å². The lowest BCUT2D eigenvalue weighted by atomic mass is 10.1. The SMILES string of the molecule is COC(=O)c1ccc(N2CCOC(CN)C2=O)cc1. The van der Waals surface area contributed by atoms with E-state index in [9.17, 15) is 9.59 Å². The molecule has 0 spiro atoms. The maximum Gasteiger partial charge on any atom is 0.337 e. The fourth-order valence-corrected chi connectivity index (χ4v) is 1.96. The zero-order valence-electron chi connectivity index (χ0n) is 10.7. The van der Waals surface area contributed by atoms with Crippen molar-refractivity contribution in [2.45, 2.75) is 6.10 Å². The summed E-state index contributed by atoms with van der Waals surface area (Å²) in [4.78, 5) is 25.0. The maximum absolute atomic E-state index is 12.1. The predicted molar refractivity (Wildman–Crippen MR) is 68.9 cm³/mol. The van der Waals surface area contributed by atoms with Crippen LogP contribution in [0, 0.1) is 0 Å². The lowest BCUT2D eigenvalue weighted by Crippen LogP contribution is -2.50. The normalized spacial score (nSPS) is 19.4. The van der Waals surface area contributed by atoms with E-state index in [4.69, 9.17) is 10.5 Å². The van der Waals surface area contributed by atoms with Gasteiger partial charge in [-0.2, -0.15) is 0 Å². The molecule has 1 fully saturated rings. The number of morpholine rings is 1. The first kappa shape index (κ1) is 13.5. The third-order valence-corrected chi connectivity index (χ3v) is 2.99. The number of ether oxygens (including phenoxy) is 2. The van der Waals surface area contributed by atoms with Crippen molar-refractivity contribution < 1.29 is 19.1 Å². The molecule has 0 radical (unpaired) electrons. The molecule has 6 heteroatoms. The number of nitrogens with two attached hydrogens (primary N) is 1. The van der Waals surface area contributed by atoms with E-state index in [2.05, 4.69) is 4.74 Å². The fraction of sp³-hybridized carbons (Fsp3) is 0.385. The van der Waals surface area contributed by atoms with Crippen LogP contribution in [-0.4, -0.2) is 44.8 Å². The fourth-order valence-electron chi connectivity index (χ4n) is 1.96. The molecule has 0 aromatic heterocycles. The number of rotatable bonds is 3. The molecule has 102 valence electrons. The van der Waals surface area contributed by atoms with E-state index in [1.807, 2.05) is 0 Å². The summed E-state index contributed by atoms with van der Waals surface area (Å²) in [6.07, 6.45) is -0.589. The van der Waals surface area contributed by atoms with E-state index in [0.29, 0.717) is 18.7 Å². The average molecular weight is 264 g/mol. The molecule has 1 saturated heterocycles. The second-order valence-electron chi connectivity index (χ2n) is 4.12.